The van der Waals surface area contributed by atoms with Gasteiger partial charge in [0.15, 0.2) is 0 Å². The van der Waals surface area contributed by atoms with Crippen molar-refractivity contribution in [2.75, 3.05) is 7.11 Å². The molecule has 0 saturated heterocycles. The number of hydrogen-bond donors (Lipinski definition) is 1. The molecule has 0 atom stereocenters. The summed E-state index contributed by atoms with van der Waals surface area (Å²) < 4.78 is 6.80. The minimum absolute atomic E-state index is 0.181. The molecule has 0 amide bonds. The van der Waals surface area contributed by atoms with Gasteiger partial charge in [-0.15, -0.1) is 0 Å². The average molecular weight is 260 g/mol. The van der Waals surface area contributed by atoms with E-state index >= 15 is 0 Å². The first kappa shape index (κ1) is 13.1. The first-order chi connectivity index (χ1) is 9.06. The van der Waals surface area contributed by atoms with E-state index in [0.29, 0.717) is 18.0 Å². The van der Waals surface area contributed by atoms with Crippen molar-refractivity contribution in [3.8, 4) is 17.0 Å². The van der Waals surface area contributed by atoms with Crippen molar-refractivity contribution >= 4 is 5.97 Å². The highest BCUT2D eigenvalue weighted by atomic mass is 16.5. The molecule has 0 unspecified atom stereocenters. The zero-order valence-electron chi connectivity index (χ0n) is 11.2. The van der Waals surface area contributed by atoms with Gasteiger partial charge in [-0.25, -0.2) is 4.79 Å². The first-order valence-corrected chi connectivity index (χ1v) is 6.03. The van der Waals surface area contributed by atoms with Gasteiger partial charge in [0.25, 0.3) is 0 Å². The van der Waals surface area contributed by atoms with Crippen LogP contribution in [0.25, 0.3) is 11.3 Å². The van der Waals surface area contributed by atoms with Crippen LogP contribution in [-0.2, 0) is 6.54 Å². The third-order valence-electron chi connectivity index (χ3n) is 2.93. The predicted molar refractivity (Wildman–Crippen MR) is 71.6 cm³/mol. The summed E-state index contributed by atoms with van der Waals surface area (Å²) in [5.74, 6) is -0.288. The van der Waals surface area contributed by atoms with Crippen LogP contribution < -0.4 is 4.74 Å². The van der Waals surface area contributed by atoms with Gasteiger partial charge in [0.2, 0.25) is 0 Å². The molecule has 5 nitrogen and oxygen atoms in total. The Morgan fingerprint density at radius 1 is 1.42 bits per heavy atom. The van der Waals surface area contributed by atoms with E-state index in [9.17, 15) is 4.79 Å². The Labute approximate surface area is 111 Å². The fourth-order valence-corrected chi connectivity index (χ4v) is 1.97. The lowest BCUT2D eigenvalue weighted by atomic mass is 10.1. The van der Waals surface area contributed by atoms with Crippen LogP contribution in [0.5, 0.6) is 5.75 Å². The lowest BCUT2D eigenvalue weighted by molar-refractivity contribution is 0.0683. The summed E-state index contributed by atoms with van der Waals surface area (Å²) in [7, 11) is 1.59. The normalized spacial score (nSPS) is 10.5. The molecule has 2 aromatic rings. The molecule has 5 heteroatoms. The second-order valence-corrected chi connectivity index (χ2v) is 4.24. The van der Waals surface area contributed by atoms with Crippen LogP contribution in [0.1, 0.15) is 23.0 Å². The molecule has 100 valence electrons. The Kier molecular flexibility index (Phi) is 3.55. The molecule has 19 heavy (non-hydrogen) atoms. The lowest BCUT2D eigenvalue weighted by Gasteiger charge is -2.06. The molecule has 0 bridgehead atoms. The Bertz CT molecular complexity index is 617. The standard InChI is InChI=1S/C14H16N2O3/c1-4-16-12(14(17)18)8-11(15-16)10-6-5-9(2)7-13(10)19-3/h5-8H,4H2,1-3H3,(H,17,18). The van der Waals surface area contributed by atoms with E-state index in [0.717, 1.165) is 11.1 Å². The van der Waals surface area contributed by atoms with Gasteiger partial charge in [-0.2, -0.15) is 5.10 Å². The van der Waals surface area contributed by atoms with Crippen LogP contribution in [0.2, 0.25) is 0 Å². The van der Waals surface area contributed by atoms with Crippen LogP contribution in [0.3, 0.4) is 0 Å². The summed E-state index contributed by atoms with van der Waals surface area (Å²) in [6, 6.07) is 7.31. The number of carboxylic acid groups (broad SMARTS) is 1. The number of hydrogen-bond acceptors (Lipinski definition) is 3. The Morgan fingerprint density at radius 3 is 2.68 bits per heavy atom. The molecule has 1 N–H and O–H groups in total. The zero-order valence-corrected chi connectivity index (χ0v) is 11.2. The zero-order chi connectivity index (χ0) is 14.0. The predicted octanol–water partition coefficient (Wildman–Crippen LogP) is 2.59. The number of aryl methyl sites for hydroxylation is 2. The largest absolute Gasteiger partial charge is 0.496 e. The van der Waals surface area contributed by atoms with E-state index in [-0.39, 0.29) is 5.69 Å². The molecular weight excluding hydrogens is 244 g/mol. The van der Waals surface area contributed by atoms with E-state index in [2.05, 4.69) is 5.10 Å². The van der Waals surface area contributed by atoms with Gasteiger partial charge >= 0.3 is 5.97 Å². The van der Waals surface area contributed by atoms with Gasteiger partial charge < -0.3 is 9.84 Å². The highest BCUT2D eigenvalue weighted by Crippen LogP contribution is 2.30. The topological polar surface area (TPSA) is 64.4 Å². The second kappa shape index (κ2) is 5.14. The third kappa shape index (κ3) is 2.45. The van der Waals surface area contributed by atoms with Gasteiger partial charge in [-0.3, -0.25) is 4.68 Å². The summed E-state index contributed by atoms with van der Waals surface area (Å²) in [5.41, 5.74) is 2.66. The van der Waals surface area contributed by atoms with Crippen molar-refractivity contribution in [2.45, 2.75) is 20.4 Å². The summed E-state index contributed by atoms with van der Waals surface area (Å²) in [4.78, 5) is 11.1. The number of ether oxygens (including phenoxy) is 1. The van der Waals surface area contributed by atoms with Gasteiger partial charge in [-0.1, -0.05) is 6.07 Å². The lowest BCUT2D eigenvalue weighted by Crippen LogP contribution is -2.08. The minimum Gasteiger partial charge on any atom is -0.496 e. The molecule has 0 aliphatic heterocycles. The van der Waals surface area contributed by atoms with E-state index in [1.165, 1.54) is 4.68 Å². The number of methoxy groups -OCH3 is 1. The number of rotatable bonds is 4. The molecule has 2 rings (SSSR count). The fraction of sp³-hybridized carbons (Fsp3) is 0.286. The van der Waals surface area contributed by atoms with Crippen molar-refractivity contribution < 1.29 is 14.6 Å². The summed E-state index contributed by atoms with van der Waals surface area (Å²) in [6.07, 6.45) is 0. The van der Waals surface area contributed by atoms with E-state index in [1.807, 2.05) is 32.0 Å². The molecule has 0 aliphatic rings. The summed E-state index contributed by atoms with van der Waals surface area (Å²) in [6.45, 7) is 4.34. The van der Waals surface area contributed by atoms with Crippen LogP contribution in [-0.4, -0.2) is 28.0 Å². The minimum atomic E-state index is -0.980. The quantitative estimate of drug-likeness (QED) is 0.917. The van der Waals surface area contributed by atoms with E-state index in [4.69, 9.17) is 9.84 Å². The SMILES string of the molecule is CCn1nc(-c2ccc(C)cc2OC)cc1C(=O)O. The van der Waals surface area contributed by atoms with Crippen molar-refractivity contribution in [1.29, 1.82) is 0 Å². The summed E-state index contributed by atoms with van der Waals surface area (Å²) >= 11 is 0. The molecule has 0 radical (unpaired) electrons. The molecule has 1 aromatic heterocycles. The van der Waals surface area contributed by atoms with Crippen molar-refractivity contribution in [3.05, 3.63) is 35.5 Å². The number of carbonyl (C=O) groups is 1. The Balaban J connectivity index is 2.56. The number of aromatic carboxylic acids is 1. The van der Waals surface area contributed by atoms with Gasteiger partial charge in [-0.05, 0) is 37.6 Å². The first-order valence-electron chi connectivity index (χ1n) is 6.03. The smallest absolute Gasteiger partial charge is 0.354 e. The number of carboxylic acids is 1. The van der Waals surface area contributed by atoms with Gasteiger partial charge in [0.05, 0.1) is 12.8 Å². The molecule has 0 fully saturated rings. The molecular formula is C14H16N2O3. The van der Waals surface area contributed by atoms with Crippen molar-refractivity contribution in [1.82, 2.24) is 9.78 Å². The van der Waals surface area contributed by atoms with Crippen LogP contribution in [0, 0.1) is 6.92 Å². The molecule has 1 aromatic carbocycles. The van der Waals surface area contributed by atoms with Crippen LogP contribution in [0.15, 0.2) is 24.3 Å². The number of nitrogens with zero attached hydrogens (tertiary/aromatic N) is 2. The number of aromatic nitrogens is 2. The van der Waals surface area contributed by atoms with E-state index in [1.54, 1.807) is 13.2 Å². The third-order valence-corrected chi connectivity index (χ3v) is 2.93. The molecule has 0 spiro atoms. The maximum Gasteiger partial charge on any atom is 0.354 e. The van der Waals surface area contributed by atoms with Crippen molar-refractivity contribution in [2.24, 2.45) is 0 Å². The molecule has 1 heterocycles. The van der Waals surface area contributed by atoms with Crippen LogP contribution >= 0.6 is 0 Å². The monoisotopic (exact) mass is 260 g/mol. The van der Waals surface area contributed by atoms with Gasteiger partial charge in [0, 0.05) is 12.1 Å². The maximum absolute atomic E-state index is 11.1. The van der Waals surface area contributed by atoms with Gasteiger partial charge in [0.1, 0.15) is 11.4 Å². The Hall–Kier alpha value is -2.30. The second-order valence-electron chi connectivity index (χ2n) is 4.24. The van der Waals surface area contributed by atoms with E-state index < -0.39 is 5.97 Å². The molecule has 0 aliphatic carbocycles. The van der Waals surface area contributed by atoms with Crippen LogP contribution in [0.4, 0.5) is 0 Å². The Morgan fingerprint density at radius 2 is 2.16 bits per heavy atom. The highest BCUT2D eigenvalue weighted by molar-refractivity contribution is 5.87. The molecule has 0 saturated carbocycles. The maximum atomic E-state index is 11.1. The summed E-state index contributed by atoms with van der Waals surface area (Å²) in [5, 5.41) is 13.4. The highest BCUT2D eigenvalue weighted by Gasteiger charge is 2.16. The fourth-order valence-electron chi connectivity index (χ4n) is 1.97. The average Bonchev–Trinajstić information content (AvgIpc) is 2.82. The number of benzene rings is 1. The van der Waals surface area contributed by atoms with Crippen molar-refractivity contribution in [3.63, 3.8) is 0 Å².